The molecule has 3 rings (SSSR count). The monoisotopic (exact) mass is 356 g/mol. The Morgan fingerprint density at radius 2 is 2.12 bits per heavy atom. The summed E-state index contributed by atoms with van der Waals surface area (Å²) in [4.78, 5) is 31.2. The zero-order valence-electron chi connectivity index (χ0n) is 15.6. The number of nitrogens with zero attached hydrogens (tertiary/aromatic N) is 5. The van der Waals surface area contributed by atoms with Gasteiger partial charge in [-0.25, -0.2) is 4.98 Å². The van der Waals surface area contributed by atoms with Crippen LogP contribution in [0.5, 0.6) is 0 Å². The molecule has 0 saturated carbocycles. The second-order valence-electron chi connectivity index (χ2n) is 6.66. The first kappa shape index (κ1) is 18.0. The largest absolute Gasteiger partial charge is 0.347 e. The second-order valence-corrected chi connectivity index (χ2v) is 6.66. The maximum absolute atomic E-state index is 12.9. The Morgan fingerprint density at radius 3 is 2.77 bits per heavy atom. The highest BCUT2D eigenvalue weighted by Gasteiger charge is 2.38. The first-order valence-corrected chi connectivity index (χ1v) is 8.79. The summed E-state index contributed by atoms with van der Waals surface area (Å²) in [6, 6.07) is 1.24. The normalized spacial score (nSPS) is 20.3. The third kappa shape index (κ3) is 3.31. The molecule has 0 radical (unpaired) electrons. The molecule has 3 heterocycles. The van der Waals surface area contributed by atoms with Crippen molar-refractivity contribution in [2.45, 2.75) is 45.2 Å². The minimum Gasteiger partial charge on any atom is -0.347 e. The van der Waals surface area contributed by atoms with E-state index >= 15 is 0 Å². The first-order chi connectivity index (χ1) is 12.4. The van der Waals surface area contributed by atoms with Crippen LogP contribution in [0.1, 0.15) is 53.4 Å². The minimum absolute atomic E-state index is 0.0548. The van der Waals surface area contributed by atoms with Gasteiger partial charge in [0.25, 0.3) is 5.91 Å². The summed E-state index contributed by atoms with van der Waals surface area (Å²) < 4.78 is 1.88. The van der Waals surface area contributed by atoms with Gasteiger partial charge in [-0.05, 0) is 25.8 Å². The van der Waals surface area contributed by atoms with Crippen LogP contribution in [0.4, 0.5) is 0 Å². The van der Waals surface area contributed by atoms with E-state index in [-0.39, 0.29) is 23.9 Å². The predicted octanol–water partition coefficient (Wildman–Crippen LogP) is 1.17. The Balaban J connectivity index is 1.90. The van der Waals surface area contributed by atoms with E-state index in [9.17, 15) is 9.59 Å². The van der Waals surface area contributed by atoms with Gasteiger partial charge in [-0.1, -0.05) is 6.92 Å². The Morgan fingerprint density at radius 1 is 1.35 bits per heavy atom. The molecule has 2 amide bonds. The highest BCUT2D eigenvalue weighted by atomic mass is 16.2. The van der Waals surface area contributed by atoms with E-state index in [2.05, 4.69) is 20.5 Å². The van der Waals surface area contributed by atoms with Crippen LogP contribution in [-0.2, 0) is 18.3 Å². The zero-order chi connectivity index (χ0) is 18.8. The van der Waals surface area contributed by atoms with Crippen molar-refractivity contribution in [1.29, 1.82) is 0 Å². The highest BCUT2D eigenvalue weighted by molar-refractivity contribution is 5.95. The Kier molecular flexibility index (Phi) is 5.01. The lowest BCUT2D eigenvalue weighted by molar-refractivity contribution is -0.136. The average molecular weight is 356 g/mol. The molecule has 8 heteroatoms. The van der Waals surface area contributed by atoms with Crippen LogP contribution in [0.3, 0.4) is 0 Å². The molecule has 138 valence electrons. The molecule has 2 atom stereocenters. The van der Waals surface area contributed by atoms with Crippen LogP contribution in [0, 0.1) is 6.92 Å². The summed E-state index contributed by atoms with van der Waals surface area (Å²) in [5.41, 5.74) is 1.91. The molecule has 1 saturated heterocycles. The van der Waals surface area contributed by atoms with Crippen molar-refractivity contribution in [2.24, 2.45) is 7.05 Å². The van der Waals surface area contributed by atoms with Gasteiger partial charge in [0.1, 0.15) is 11.9 Å². The fourth-order valence-electron chi connectivity index (χ4n) is 3.42. The first-order valence-electron chi connectivity index (χ1n) is 8.79. The van der Waals surface area contributed by atoms with E-state index < -0.39 is 0 Å². The van der Waals surface area contributed by atoms with Gasteiger partial charge in [0.05, 0.1) is 23.0 Å². The van der Waals surface area contributed by atoms with Crippen LogP contribution < -0.4 is 5.32 Å². The molecule has 2 aromatic heterocycles. The van der Waals surface area contributed by atoms with Gasteiger partial charge < -0.3 is 14.8 Å². The molecular formula is C18H24N6O2. The van der Waals surface area contributed by atoms with E-state index in [1.807, 2.05) is 31.7 Å². The summed E-state index contributed by atoms with van der Waals surface area (Å²) in [7, 11) is 3.65. The molecule has 0 bridgehead atoms. The standard InChI is InChI=1S/C18H24N6O2/c1-5-13-12(10-11(2)21-22-13)18(26)20-14-6-7-15(25)24(4)16(14)17-19-8-9-23(17)3/h8-10,14,16H,5-7H2,1-4H3,(H,20,26)/t14-,16-/m1/s1. The molecule has 0 aromatic carbocycles. The summed E-state index contributed by atoms with van der Waals surface area (Å²) >= 11 is 0. The lowest BCUT2D eigenvalue weighted by atomic mass is 9.94. The van der Waals surface area contributed by atoms with E-state index in [0.29, 0.717) is 36.2 Å². The molecule has 0 spiro atoms. The Bertz CT molecular complexity index is 831. The molecule has 0 aliphatic carbocycles. The van der Waals surface area contributed by atoms with Crippen LogP contribution in [0.2, 0.25) is 0 Å². The number of likely N-dealkylation sites (N-methyl/N-ethyl adjacent to an activating group) is 1. The Hall–Kier alpha value is -2.77. The molecule has 0 unspecified atom stereocenters. The SMILES string of the molecule is CCc1nnc(C)cc1C(=O)N[C@@H]1CCC(=O)N(C)[C@H]1c1nccn1C. The van der Waals surface area contributed by atoms with Crippen molar-refractivity contribution < 1.29 is 9.59 Å². The van der Waals surface area contributed by atoms with Gasteiger partial charge in [-0.2, -0.15) is 10.2 Å². The molecule has 1 aliphatic rings. The van der Waals surface area contributed by atoms with Gasteiger partial charge in [0.15, 0.2) is 0 Å². The number of carbonyl (C=O) groups is 2. The van der Waals surface area contributed by atoms with Crippen LogP contribution in [-0.4, -0.2) is 49.6 Å². The molecule has 26 heavy (non-hydrogen) atoms. The smallest absolute Gasteiger partial charge is 0.253 e. The number of rotatable bonds is 4. The van der Waals surface area contributed by atoms with E-state index in [1.54, 1.807) is 24.2 Å². The van der Waals surface area contributed by atoms with Gasteiger partial charge in [-0.3, -0.25) is 9.59 Å². The number of aryl methyl sites for hydroxylation is 3. The zero-order valence-corrected chi connectivity index (χ0v) is 15.6. The number of imidazole rings is 1. The second kappa shape index (κ2) is 7.23. The third-order valence-electron chi connectivity index (χ3n) is 4.87. The maximum atomic E-state index is 12.9. The number of amides is 2. The maximum Gasteiger partial charge on any atom is 0.253 e. The number of likely N-dealkylation sites (tertiary alicyclic amines) is 1. The van der Waals surface area contributed by atoms with Gasteiger partial charge >= 0.3 is 0 Å². The average Bonchev–Trinajstić information content (AvgIpc) is 3.04. The summed E-state index contributed by atoms with van der Waals surface area (Å²) in [5.74, 6) is 0.622. The number of hydrogen-bond donors (Lipinski definition) is 1. The fourth-order valence-corrected chi connectivity index (χ4v) is 3.42. The van der Waals surface area contributed by atoms with Crippen molar-refractivity contribution in [1.82, 2.24) is 30.0 Å². The lowest BCUT2D eigenvalue weighted by Crippen LogP contribution is -2.51. The molecule has 1 aliphatic heterocycles. The molecular weight excluding hydrogens is 332 g/mol. The molecule has 1 N–H and O–H groups in total. The van der Waals surface area contributed by atoms with Gasteiger partial charge in [0, 0.05) is 32.9 Å². The number of carbonyl (C=O) groups excluding carboxylic acids is 2. The number of piperidine rings is 1. The van der Waals surface area contributed by atoms with Crippen LogP contribution >= 0.6 is 0 Å². The van der Waals surface area contributed by atoms with Crippen LogP contribution in [0.25, 0.3) is 0 Å². The molecule has 8 nitrogen and oxygen atoms in total. The van der Waals surface area contributed by atoms with Crippen molar-refractivity contribution in [3.63, 3.8) is 0 Å². The Labute approximate surface area is 152 Å². The van der Waals surface area contributed by atoms with E-state index in [1.165, 1.54) is 0 Å². The highest BCUT2D eigenvalue weighted by Crippen LogP contribution is 2.30. The van der Waals surface area contributed by atoms with Crippen molar-refractivity contribution in [2.75, 3.05) is 7.05 Å². The lowest BCUT2D eigenvalue weighted by Gasteiger charge is -2.38. The van der Waals surface area contributed by atoms with Gasteiger partial charge in [-0.15, -0.1) is 0 Å². The number of nitrogens with one attached hydrogen (secondary N) is 1. The third-order valence-corrected chi connectivity index (χ3v) is 4.87. The fraction of sp³-hybridized carbons (Fsp3) is 0.500. The van der Waals surface area contributed by atoms with Gasteiger partial charge in [0.2, 0.25) is 5.91 Å². The topological polar surface area (TPSA) is 93.0 Å². The minimum atomic E-state index is -0.304. The summed E-state index contributed by atoms with van der Waals surface area (Å²) in [6.07, 6.45) is 5.14. The van der Waals surface area contributed by atoms with E-state index in [0.717, 1.165) is 5.82 Å². The predicted molar refractivity (Wildman–Crippen MR) is 95.4 cm³/mol. The molecule has 1 fully saturated rings. The number of aromatic nitrogens is 4. The van der Waals surface area contributed by atoms with Crippen molar-refractivity contribution in [3.05, 3.63) is 41.2 Å². The van der Waals surface area contributed by atoms with E-state index in [4.69, 9.17) is 0 Å². The quantitative estimate of drug-likeness (QED) is 0.888. The number of hydrogen-bond acceptors (Lipinski definition) is 5. The summed E-state index contributed by atoms with van der Waals surface area (Å²) in [6.45, 7) is 3.76. The summed E-state index contributed by atoms with van der Waals surface area (Å²) in [5, 5.41) is 11.3. The van der Waals surface area contributed by atoms with Crippen LogP contribution in [0.15, 0.2) is 18.5 Å². The van der Waals surface area contributed by atoms with Crippen molar-refractivity contribution in [3.8, 4) is 0 Å². The molecule has 2 aromatic rings. The van der Waals surface area contributed by atoms with Crippen molar-refractivity contribution >= 4 is 11.8 Å².